The molecule has 0 radical (unpaired) electrons. The van der Waals surface area contributed by atoms with E-state index in [0.717, 1.165) is 11.8 Å². The zero-order chi connectivity index (χ0) is 11.8. The van der Waals surface area contributed by atoms with E-state index >= 15 is 0 Å². The predicted octanol–water partition coefficient (Wildman–Crippen LogP) is 0.916. The SMILES string of the molecule is Cc1ccc(OC2=NC=C(N)S2(=O)=O)cc1. The quantitative estimate of drug-likeness (QED) is 0.788. The maximum atomic E-state index is 11.5. The van der Waals surface area contributed by atoms with Crippen LogP contribution in [0.25, 0.3) is 0 Å². The molecular formula is C10H10N2O3S. The molecule has 1 aromatic rings. The minimum atomic E-state index is -3.71. The van der Waals surface area contributed by atoms with Gasteiger partial charge in [-0.05, 0) is 19.1 Å². The molecule has 5 nitrogen and oxygen atoms in total. The Labute approximate surface area is 93.2 Å². The zero-order valence-corrected chi connectivity index (χ0v) is 9.36. The van der Waals surface area contributed by atoms with Crippen molar-refractivity contribution in [1.29, 1.82) is 0 Å². The molecule has 2 N–H and O–H groups in total. The van der Waals surface area contributed by atoms with Crippen LogP contribution in [0.4, 0.5) is 0 Å². The van der Waals surface area contributed by atoms with E-state index in [2.05, 4.69) is 4.99 Å². The second-order valence-electron chi connectivity index (χ2n) is 3.35. The van der Waals surface area contributed by atoms with Crippen LogP contribution in [0.3, 0.4) is 0 Å². The van der Waals surface area contributed by atoms with Crippen molar-refractivity contribution in [2.24, 2.45) is 10.7 Å². The average molecular weight is 238 g/mol. The number of nitrogens with two attached hydrogens (primary N) is 1. The molecule has 0 aromatic heterocycles. The molecule has 0 aliphatic carbocycles. The molecule has 6 heteroatoms. The molecule has 84 valence electrons. The van der Waals surface area contributed by atoms with E-state index in [0.29, 0.717) is 5.75 Å². The fraction of sp³-hybridized carbons (Fsp3) is 0.100. The number of benzene rings is 1. The highest BCUT2D eigenvalue weighted by molar-refractivity contribution is 8.09. The molecular weight excluding hydrogens is 228 g/mol. The maximum Gasteiger partial charge on any atom is 0.321 e. The third-order valence-corrected chi connectivity index (χ3v) is 3.44. The van der Waals surface area contributed by atoms with Crippen molar-refractivity contribution < 1.29 is 13.2 Å². The van der Waals surface area contributed by atoms with E-state index in [1.54, 1.807) is 12.1 Å². The summed E-state index contributed by atoms with van der Waals surface area (Å²) in [6.07, 6.45) is 1.07. The highest BCUT2D eigenvalue weighted by Crippen LogP contribution is 2.18. The Balaban J connectivity index is 2.23. The molecule has 2 rings (SSSR count). The normalized spacial score (nSPS) is 17.8. The van der Waals surface area contributed by atoms with Gasteiger partial charge < -0.3 is 10.5 Å². The summed E-state index contributed by atoms with van der Waals surface area (Å²) in [5.74, 6) is 0.413. The van der Waals surface area contributed by atoms with Gasteiger partial charge in [-0.2, -0.15) is 0 Å². The molecule has 0 unspecified atom stereocenters. The van der Waals surface area contributed by atoms with Crippen molar-refractivity contribution in [1.82, 2.24) is 0 Å². The summed E-state index contributed by atoms with van der Waals surface area (Å²) >= 11 is 0. The van der Waals surface area contributed by atoms with Gasteiger partial charge in [0.15, 0.2) is 5.03 Å². The summed E-state index contributed by atoms with van der Waals surface area (Å²) in [6, 6.07) is 6.96. The number of hydrogen-bond donors (Lipinski definition) is 1. The Morgan fingerprint density at radius 3 is 2.38 bits per heavy atom. The number of aliphatic imine (C=N–C) groups is 1. The minimum Gasteiger partial charge on any atom is -0.430 e. The van der Waals surface area contributed by atoms with Crippen LogP contribution in [0.2, 0.25) is 0 Å². The number of ether oxygens (including phenoxy) is 1. The Morgan fingerprint density at radius 1 is 1.25 bits per heavy atom. The molecule has 0 fully saturated rings. The van der Waals surface area contributed by atoms with Crippen LogP contribution < -0.4 is 10.5 Å². The Bertz CT molecular complexity index is 571. The van der Waals surface area contributed by atoms with E-state index in [4.69, 9.17) is 10.5 Å². The Morgan fingerprint density at radius 2 is 1.88 bits per heavy atom. The lowest BCUT2D eigenvalue weighted by molar-refractivity contribution is 0.549. The average Bonchev–Trinajstić information content (AvgIpc) is 2.48. The van der Waals surface area contributed by atoms with Crippen LogP contribution >= 0.6 is 0 Å². The molecule has 1 aromatic carbocycles. The largest absolute Gasteiger partial charge is 0.430 e. The predicted molar refractivity (Wildman–Crippen MR) is 60.4 cm³/mol. The summed E-state index contributed by atoms with van der Waals surface area (Å²) in [4.78, 5) is 3.61. The maximum absolute atomic E-state index is 11.5. The van der Waals surface area contributed by atoms with Gasteiger partial charge in [0, 0.05) is 0 Å². The molecule has 0 spiro atoms. The third kappa shape index (κ3) is 1.79. The smallest absolute Gasteiger partial charge is 0.321 e. The van der Waals surface area contributed by atoms with Gasteiger partial charge >= 0.3 is 5.23 Å². The Kier molecular flexibility index (Phi) is 2.43. The molecule has 0 saturated heterocycles. The van der Waals surface area contributed by atoms with E-state index in [9.17, 15) is 8.42 Å². The highest BCUT2D eigenvalue weighted by Gasteiger charge is 2.30. The van der Waals surface area contributed by atoms with Gasteiger partial charge in [-0.3, -0.25) is 0 Å². The van der Waals surface area contributed by atoms with Crippen molar-refractivity contribution in [2.45, 2.75) is 6.92 Å². The van der Waals surface area contributed by atoms with Crippen LogP contribution in [-0.4, -0.2) is 13.6 Å². The van der Waals surface area contributed by atoms with Gasteiger partial charge in [-0.1, -0.05) is 17.7 Å². The summed E-state index contributed by atoms with van der Waals surface area (Å²) in [6.45, 7) is 1.92. The van der Waals surface area contributed by atoms with Crippen molar-refractivity contribution in [3.63, 3.8) is 0 Å². The fourth-order valence-electron chi connectivity index (χ4n) is 1.14. The number of nitrogens with zero attached hydrogens (tertiary/aromatic N) is 1. The van der Waals surface area contributed by atoms with Crippen molar-refractivity contribution in [3.05, 3.63) is 41.1 Å². The fourth-order valence-corrected chi connectivity index (χ4v) is 1.93. The highest BCUT2D eigenvalue weighted by atomic mass is 32.2. The van der Waals surface area contributed by atoms with Crippen LogP contribution in [-0.2, 0) is 9.84 Å². The summed E-state index contributed by atoms with van der Waals surface area (Å²) in [5.41, 5.74) is 6.32. The molecule has 1 aliphatic heterocycles. The van der Waals surface area contributed by atoms with Gasteiger partial charge in [-0.15, -0.1) is 0 Å². The van der Waals surface area contributed by atoms with Gasteiger partial charge in [-0.25, -0.2) is 13.4 Å². The first-order chi connectivity index (χ1) is 7.50. The second-order valence-corrected chi connectivity index (χ2v) is 5.17. The molecule has 0 atom stereocenters. The molecule has 16 heavy (non-hydrogen) atoms. The van der Waals surface area contributed by atoms with Crippen LogP contribution in [0.5, 0.6) is 5.75 Å². The topological polar surface area (TPSA) is 81.8 Å². The van der Waals surface area contributed by atoms with Gasteiger partial charge in [0.05, 0.1) is 6.20 Å². The lowest BCUT2D eigenvalue weighted by atomic mass is 10.2. The third-order valence-electron chi connectivity index (χ3n) is 2.06. The van der Waals surface area contributed by atoms with E-state index in [1.807, 2.05) is 19.1 Å². The molecule has 0 saturated carbocycles. The molecule has 0 bridgehead atoms. The summed E-state index contributed by atoms with van der Waals surface area (Å²) < 4.78 is 28.2. The Hall–Kier alpha value is -1.82. The first-order valence-corrected chi connectivity index (χ1v) is 6.01. The van der Waals surface area contributed by atoms with Crippen molar-refractivity contribution >= 4 is 15.1 Å². The number of rotatable bonds is 1. The second kappa shape index (κ2) is 3.64. The van der Waals surface area contributed by atoms with Crippen LogP contribution in [0.1, 0.15) is 5.56 Å². The van der Waals surface area contributed by atoms with Crippen LogP contribution in [0, 0.1) is 6.92 Å². The first-order valence-electron chi connectivity index (χ1n) is 4.53. The number of aryl methyl sites for hydroxylation is 1. The van der Waals surface area contributed by atoms with Crippen molar-refractivity contribution in [3.8, 4) is 5.75 Å². The number of hydrogen-bond acceptors (Lipinski definition) is 5. The first kappa shape index (κ1) is 10.7. The summed E-state index contributed by atoms with van der Waals surface area (Å²) in [5, 5.41) is -0.677. The minimum absolute atomic E-state index is 0.297. The van der Waals surface area contributed by atoms with E-state index in [1.165, 1.54) is 0 Å². The number of sulfone groups is 1. The zero-order valence-electron chi connectivity index (χ0n) is 8.54. The lowest BCUT2D eigenvalue weighted by Crippen LogP contribution is -2.22. The lowest BCUT2D eigenvalue weighted by Gasteiger charge is -2.05. The molecule has 1 aliphatic rings. The van der Waals surface area contributed by atoms with Crippen LogP contribution in [0.15, 0.2) is 40.5 Å². The van der Waals surface area contributed by atoms with Gasteiger partial charge in [0.2, 0.25) is 0 Å². The molecule has 0 amide bonds. The molecule has 1 heterocycles. The van der Waals surface area contributed by atoms with E-state index < -0.39 is 9.84 Å². The van der Waals surface area contributed by atoms with Crippen molar-refractivity contribution in [2.75, 3.05) is 0 Å². The van der Waals surface area contributed by atoms with E-state index in [-0.39, 0.29) is 10.3 Å². The summed E-state index contributed by atoms with van der Waals surface area (Å²) in [7, 11) is -3.71. The van der Waals surface area contributed by atoms with Gasteiger partial charge in [0.25, 0.3) is 9.84 Å². The monoisotopic (exact) mass is 238 g/mol. The standard InChI is InChI=1S/C10H10N2O3S/c1-7-2-4-8(5-3-7)15-10-12-6-9(11)16(10,13)14/h2-6H,11H2,1H3. The van der Waals surface area contributed by atoms with Gasteiger partial charge in [0.1, 0.15) is 5.75 Å².